The average Bonchev–Trinajstić information content (AvgIpc) is 2.61. The monoisotopic (exact) mass is 292 g/mol. The van der Waals surface area contributed by atoms with Gasteiger partial charge in [-0.2, -0.15) is 0 Å². The molecule has 1 amide bonds. The number of halogens is 1. The summed E-state index contributed by atoms with van der Waals surface area (Å²) in [6, 6.07) is 2.03. The van der Waals surface area contributed by atoms with Gasteiger partial charge in [-0.3, -0.25) is 4.79 Å². The van der Waals surface area contributed by atoms with Crippen molar-refractivity contribution in [3.8, 4) is 0 Å². The first kappa shape index (κ1) is 14.8. The maximum Gasteiger partial charge on any atom is 0.265 e. The summed E-state index contributed by atoms with van der Waals surface area (Å²) in [6.45, 7) is 3.62. The van der Waals surface area contributed by atoms with E-state index >= 15 is 0 Å². The third kappa shape index (κ3) is 3.61. The Morgan fingerprint density at radius 1 is 1.47 bits per heavy atom. The molecule has 0 spiro atoms. The van der Waals surface area contributed by atoms with E-state index in [1.54, 1.807) is 23.1 Å². The van der Waals surface area contributed by atoms with Crippen LogP contribution < -0.4 is 5.32 Å². The molecule has 1 fully saturated rings. The van der Waals surface area contributed by atoms with Gasteiger partial charge in [0.05, 0.1) is 0 Å². The van der Waals surface area contributed by atoms with Crippen LogP contribution in [0.4, 0.5) is 0 Å². The SMILES string of the molecule is CSc1ccsc1C(=O)N1CCCNCC1.Cl. The van der Waals surface area contributed by atoms with Crippen LogP contribution in [0, 0.1) is 0 Å². The van der Waals surface area contributed by atoms with Crippen molar-refractivity contribution < 1.29 is 4.79 Å². The molecule has 0 saturated carbocycles. The summed E-state index contributed by atoms with van der Waals surface area (Å²) >= 11 is 3.20. The summed E-state index contributed by atoms with van der Waals surface area (Å²) in [5.74, 6) is 0.197. The molecule has 17 heavy (non-hydrogen) atoms. The van der Waals surface area contributed by atoms with Crippen molar-refractivity contribution in [1.29, 1.82) is 0 Å². The summed E-state index contributed by atoms with van der Waals surface area (Å²) in [6.07, 6.45) is 3.06. The van der Waals surface area contributed by atoms with Crippen molar-refractivity contribution in [2.24, 2.45) is 0 Å². The number of carbonyl (C=O) groups is 1. The fourth-order valence-electron chi connectivity index (χ4n) is 1.81. The summed E-state index contributed by atoms with van der Waals surface area (Å²) in [4.78, 5) is 16.3. The minimum Gasteiger partial charge on any atom is -0.337 e. The summed E-state index contributed by atoms with van der Waals surface area (Å²) in [7, 11) is 0. The zero-order valence-electron chi connectivity index (χ0n) is 9.77. The second kappa shape index (κ2) is 7.26. The molecule has 2 rings (SSSR count). The van der Waals surface area contributed by atoms with Crippen LogP contribution in [0.15, 0.2) is 16.3 Å². The Labute approximate surface area is 116 Å². The lowest BCUT2D eigenvalue weighted by molar-refractivity contribution is 0.0768. The number of thioether (sulfide) groups is 1. The first-order valence-corrected chi connectivity index (χ1v) is 7.55. The molecule has 0 radical (unpaired) electrons. The topological polar surface area (TPSA) is 32.3 Å². The minimum absolute atomic E-state index is 0. The van der Waals surface area contributed by atoms with Gasteiger partial charge >= 0.3 is 0 Å². The van der Waals surface area contributed by atoms with Crippen molar-refractivity contribution in [1.82, 2.24) is 10.2 Å². The Morgan fingerprint density at radius 3 is 3.06 bits per heavy atom. The quantitative estimate of drug-likeness (QED) is 0.849. The third-order valence-corrected chi connectivity index (χ3v) is 4.48. The van der Waals surface area contributed by atoms with E-state index in [0.717, 1.165) is 42.4 Å². The van der Waals surface area contributed by atoms with Crippen LogP contribution in [0.3, 0.4) is 0 Å². The van der Waals surface area contributed by atoms with E-state index in [1.807, 2.05) is 22.6 Å². The van der Waals surface area contributed by atoms with E-state index in [2.05, 4.69) is 5.32 Å². The van der Waals surface area contributed by atoms with Crippen LogP contribution in [-0.2, 0) is 0 Å². The zero-order chi connectivity index (χ0) is 11.4. The number of hydrogen-bond acceptors (Lipinski definition) is 4. The molecular weight excluding hydrogens is 276 g/mol. The molecule has 3 nitrogen and oxygen atoms in total. The largest absolute Gasteiger partial charge is 0.337 e. The lowest BCUT2D eigenvalue weighted by atomic mass is 10.3. The fraction of sp³-hybridized carbons (Fsp3) is 0.545. The molecule has 0 aliphatic carbocycles. The van der Waals surface area contributed by atoms with E-state index in [1.165, 1.54) is 0 Å². The van der Waals surface area contributed by atoms with E-state index in [9.17, 15) is 4.79 Å². The van der Waals surface area contributed by atoms with E-state index in [0.29, 0.717) is 0 Å². The van der Waals surface area contributed by atoms with Crippen LogP contribution in [0.2, 0.25) is 0 Å². The summed E-state index contributed by atoms with van der Waals surface area (Å²) in [5, 5.41) is 5.31. The number of nitrogens with zero attached hydrogens (tertiary/aromatic N) is 1. The minimum atomic E-state index is 0. The van der Waals surface area contributed by atoms with Crippen LogP contribution in [0.1, 0.15) is 16.1 Å². The number of thiophene rings is 1. The van der Waals surface area contributed by atoms with Gasteiger partial charge in [0.25, 0.3) is 5.91 Å². The molecule has 0 atom stereocenters. The molecule has 0 unspecified atom stereocenters. The fourth-order valence-corrected chi connectivity index (χ4v) is 3.52. The summed E-state index contributed by atoms with van der Waals surface area (Å²) in [5.41, 5.74) is 0. The first-order chi connectivity index (χ1) is 7.83. The van der Waals surface area contributed by atoms with Crippen molar-refractivity contribution >= 4 is 41.4 Å². The Kier molecular flexibility index (Phi) is 6.33. The number of hydrogen-bond donors (Lipinski definition) is 1. The lowest BCUT2D eigenvalue weighted by Crippen LogP contribution is -2.33. The van der Waals surface area contributed by atoms with E-state index in [-0.39, 0.29) is 18.3 Å². The van der Waals surface area contributed by atoms with Crippen LogP contribution in [0.5, 0.6) is 0 Å². The molecule has 1 aromatic rings. The Balaban J connectivity index is 0.00000144. The lowest BCUT2D eigenvalue weighted by Gasteiger charge is -2.19. The van der Waals surface area contributed by atoms with Gasteiger partial charge in [0.2, 0.25) is 0 Å². The highest BCUT2D eigenvalue weighted by Crippen LogP contribution is 2.26. The maximum absolute atomic E-state index is 12.3. The molecule has 0 aromatic carbocycles. The molecule has 6 heteroatoms. The molecule has 1 aliphatic heterocycles. The Bertz CT molecular complexity index is 362. The standard InChI is InChI=1S/C11H16N2OS2.ClH/c1-15-9-3-8-16-10(9)11(14)13-6-2-4-12-5-7-13;/h3,8,12H,2,4-7H2,1H3;1H. The molecule has 1 N–H and O–H groups in total. The van der Waals surface area contributed by atoms with Gasteiger partial charge in [0, 0.05) is 24.5 Å². The van der Waals surface area contributed by atoms with Gasteiger partial charge in [-0.25, -0.2) is 0 Å². The predicted octanol–water partition coefficient (Wildman–Crippen LogP) is 2.33. The van der Waals surface area contributed by atoms with Crippen LogP contribution in [-0.4, -0.2) is 43.2 Å². The molecule has 96 valence electrons. The predicted molar refractivity (Wildman–Crippen MR) is 76.7 cm³/mol. The van der Waals surface area contributed by atoms with Crippen molar-refractivity contribution in [2.45, 2.75) is 11.3 Å². The van der Waals surface area contributed by atoms with E-state index < -0.39 is 0 Å². The van der Waals surface area contributed by atoms with Gasteiger partial charge < -0.3 is 10.2 Å². The van der Waals surface area contributed by atoms with Gasteiger partial charge in [0.1, 0.15) is 4.88 Å². The molecule has 1 aromatic heterocycles. The molecular formula is C11H17ClN2OS2. The summed E-state index contributed by atoms with van der Waals surface area (Å²) < 4.78 is 0. The number of carbonyl (C=O) groups excluding carboxylic acids is 1. The van der Waals surface area contributed by atoms with Crippen LogP contribution in [0.25, 0.3) is 0 Å². The Hall–Kier alpha value is -0.230. The molecule has 2 heterocycles. The maximum atomic E-state index is 12.3. The van der Waals surface area contributed by atoms with Crippen molar-refractivity contribution in [3.05, 3.63) is 16.3 Å². The van der Waals surface area contributed by atoms with Gasteiger partial charge in [0.15, 0.2) is 0 Å². The zero-order valence-corrected chi connectivity index (χ0v) is 12.2. The highest BCUT2D eigenvalue weighted by molar-refractivity contribution is 7.98. The van der Waals surface area contributed by atoms with Crippen LogP contribution >= 0.6 is 35.5 Å². The van der Waals surface area contributed by atoms with Gasteiger partial charge in [-0.05, 0) is 30.7 Å². The molecule has 1 saturated heterocycles. The van der Waals surface area contributed by atoms with Gasteiger partial charge in [-0.15, -0.1) is 35.5 Å². The Morgan fingerprint density at radius 2 is 2.29 bits per heavy atom. The van der Waals surface area contributed by atoms with Gasteiger partial charge in [-0.1, -0.05) is 0 Å². The second-order valence-corrected chi connectivity index (χ2v) is 5.48. The average molecular weight is 293 g/mol. The third-order valence-electron chi connectivity index (χ3n) is 2.67. The molecule has 0 bridgehead atoms. The highest BCUT2D eigenvalue weighted by atomic mass is 35.5. The highest BCUT2D eigenvalue weighted by Gasteiger charge is 2.20. The smallest absolute Gasteiger partial charge is 0.265 e. The number of amides is 1. The number of rotatable bonds is 2. The van der Waals surface area contributed by atoms with Crippen molar-refractivity contribution in [2.75, 3.05) is 32.4 Å². The first-order valence-electron chi connectivity index (χ1n) is 5.44. The normalized spacial score (nSPS) is 16.2. The second-order valence-electron chi connectivity index (χ2n) is 3.71. The van der Waals surface area contributed by atoms with E-state index in [4.69, 9.17) is 0 Å². The van der Waals surface area contributed by atoms with Crippen molar-refractivity contribution in [3.63, 3.8) is 0 Å². The number of nitrogens with one attached hydrogen (secondary N) is 1. The molecule has 1 aliphatic rings.